The molecule has 0 spiro atoms. The summed E-state index contributed by atoms with van der Waals surface area (Å²) in [7, 11) is 0.720. The quantitative estimate of drug-likeness (QED) is 0.692. The van der Waals surface area contributed by atoms with Gasteiger partial charge in [-0.05, 0) is 24.7 Å². The lowest BCUT2D eigenvalue weighted by molar-refractivity contribution is 0.0320. The predicted molar refractivity (Wildman–Crippen MR) is 77.0 cm³/mol. The van der Waals surface area contributed by atoms with E-state index in [1.165, 1.54) is 26.4 Å². The van der Waals surface area contributed by atoms with E-state index in [2.05, 4.69) is 10.0 Å². The van der Waals surface area contributed by atoms with Crippen LogP contribution in [0.1, 0.15) is 5.56 Å². The number of hydrogen-bond donors (Lipinski definition) is 2. The van der Waals surface area contributed by atoms with Crippen molar-refractivity contribution in [2.75, 3.05) is 34.4 Å². The molecule has 1 atom stereocenters. The van der Waals surface area contributed by atoms with Gasteiger partial charge in [0.1, 0.15) is 10.7 Å². The highest BCUT2D eigenvalue weighted by atomic mass is 32.2. The molecule has 0 aliphatic rings. The number of methoxy groups -OCH3 is 2. The Labute approximate surface area is 124 Å². The summed E-state index contributed by atoms with van der Waals surface area (Å²) in [6.45, 7) is 0.691. The highest BCUT2D eigenvalue weighted by Gasteiger charge is 2.21. The van der Waals surface area contributed by atoms with Gasteiger partial charge in [-0.1, -0.05) is 6.07 Å². The fourth-order valence-electron chi connectivity index (χ4n) is 1.74. The van der Waals surface area contributed by atoms with Gasteiger partial charge in [-0.3, -0.25) is 0 Å². The lowest BCUT2D eigenvalue weighted by Gasteiger charge is -2.15. The molecule has 6 nitrogen and oxygen atoms in total. The first-order chi connectivity index (χ1) is 9.94. The van der Waals surface area contributed by atoms with Gasteiger partial charge in [0.25, 0.3) is 0 Å². The summed E-state index contributed by atoms with van der Waals surface area (Å²) in [5, 5.41) is 2.88. The summed E-state index contributed by atoms with van der Waals surface area (Å²) in [5.41, 5.74) is 0.680. The normalized spacial score (nSPS) is 13.3. The molecule has 0 saturated heterocycles. The van der Waals surface area contributed by atoms with E-state index >= 15 is 0 Å². The standard InChI is InChI=1S/C13H21FN2O4S/c1-15-7-10-4-5-12(14)13(6-10)21(17,18)16-8-11(20-3)9-19-2/h4-6,11,15-16H,7-9H2,1-3H3. The lowest BCUT2D eigenvalue weighted by atomic mass is 10.2. The molecule has 0 bridgehead atoms. The summed E-state index contributed by atoms with van der Waals surface area (Å²) in [6.07, 6.45) is -0.437. The molecule has 0 aromatic heterocycles. The van der Waals surface area contributed by atoms with E-state index in [9.17, 15) is 12.8 Å². The molecular weight excluding hydrogens is 299 g/mol. The molecule has 1 rings (SSSR count). The average molecular weight is 320 g/mol. The van der Waals surface area contributed by atoms with Crippen molar-refractivity contribution < 1.29 is 22.3 Å². The second-order valence-electron chi connectivity index (χ2n) is 4.46. The molecule has 120 valence electrons. The summed E-state index contributed by atoms with van der Waals surface area (Å²) >= 11 is 0. The molecule has 0 saturated carbocycles. The monoisotopic (exact) mass is 320 g/mol. The van der Waals surface area contributed by atoms with E-state index in [1.54, 1.807) is 7.05 Å². The second-order valence-corrected chi connectivity index (χ2v) is 6.20. The van der Waals surface area contributed by atoms with Crippen molar-refractivity contribution in [1.29, 1.82) is 0 Å². The molecule has 0 amide bonds. The van der Waals surface area contributed by atoms with E-state index < -0.39 is 21.9 Å². The first-order valence-electron chi connectivity index (χ1n) is 6.39. The van der Waals surface area contributed by atoms with Crippen LogP contribution >= 0.6 is 0 Å². The van der Waals surface area contributed by atoms with Gasteiger partial charge >= 0.3 is 0 Å². The molecule has 0 aliphatic carbocycles. The molecule has 0 aliphatic heterocycles. The van der Waals surface area contributed by atoms with Crippen LogP contribution in [0.25, 0.3) is 0 Å². The maximum absolute atomic E-state index is 13.8. The minimum absolute atomic E-state index is 0.00235. The molecule has 2 N–H and O–H groups in total. The van der Waals surface area contributed by atoms with Crippen molar-refractivity contribution in [1.82, 2.24) is 10.0 Å². The Kier molecular flexibility index (Phi) is 7.20. The topological polar surface area (TPSA) is 76.7 Å². The lowest BCUT2D eigenvalue weighted by Crippen LogP contribution is -2.36. The van der Waals surface area contributed by atoms with Crippen LogP contribution in [0.15, 0.2) is 23.1 Å². The van der Waals surface area contributed by atoms with Crippen LogP contribution in [0.2, 0.25) is 0 Å². The van der Waals surface area contributed by atoms with Crippen molar-refractivity contribution in [3.63, 3.8) is 0 Å². The Balaban J connectivity index is 2.89. The van der Waals surface area contributed by atoms with Crippen LogP contribution < -0.4 is 10.0 Å². The van der Waals surface area contributed by atoms with E-state index in [-0.39, 0.29) is 18.0 Å². The summed E-state index contributed by atoms with van der Waals surface area (Å²) in [5.74, 6) is -0.789. The zero-order chi connectivity index (χ0) is 15.9. The summed E-state index contributed by atoms with van der Waals surface area (Å²) in [6, 6.07) is 3.99. The zero-order valence-corrected chi connectivity index (χ0v) is 13.2. The number of halogens is 1. The van der Waals surface area contributed by atoms with Crippen LogP contribution in [-0.4, -0.2) is 48.9 Å². The second kappa shape index (κ2) is 8.40. The summed E-state index contributed by atoms with van der Waals surface area (Å²) < 4.78 is 50.4. The minimum Gasteiger partial charge on any atom is -0.382 e. The van der Waals surface area contributed by atoms with Crippen molar-refractivity contribution in [2.24, 2.45) is 0 Å². The van der Waals surface area contributed by atoms with E-state index in [4.69, 9.17) is 9.47 Å². The molecule has 1 aromatic carbocycles. The fourth-order valence-corrected chi connectivity index (χ4v) is 2.94. The first-order valence-corrected chi connectivity index (χ1v) is 7.87. The van der Waals surface area contributed by atoms with Crippen LogP contribution in [0.4, 0.5) is 4.39 Å². The Hall–Kier alpha value is -1.06. The molecule has 0 fully saturated rings. The number of benzene rings is 1. The van der Waals surface area contributed by atoms with Crippen LogP contribution in [0, 0.1) is 5.82 Å². The number of nitrogens with one attached hydrogen (secondary N) is 2. The highest BCUT2D eigenvalue weighted by molar-refractivity contribution is 7.89. The van der Waals surface area contributed by atoms with Crippen molar-refractivity contribution in [3.8, 4) is 0 Å². The maximum atomic E-state index is 13.8. The Morgan fingerprint density at radius 3 is 2.62 bits per heavy atom. The van der Waals surface area contributed by atoms with E-state index in [0.717, 1.165) is 6.07 Å². The average Bonchev–Trinajstić information content (AvgIpc) is 2.45. The SMILES string of the molecule is CNCc1ccc(F)c(S(=O)(=O)NCC(COC)OC)c1. The van der Waals surface area contributed by atoms with E-state index in [1.807, 2.05) is 0 Å². The van der Waals surface area contributed by atoms with Crippen LogP contribution in [-0.2, 0) is 26.0 Å². The third kappa shape index (κ3) is 5.33. The van der Waals surface area contributed by atoms with Crippen LogP contribution in [0.5, 0.6) is 0 Å². The van der Waals surface area contributed by atoms with Gasteiger partial charge in [0.15, 0.2) is 0 Å². The number of hydrogen-bond acceptors (Lipinski definition) is 5. The first kappa shape index (κ1) is 18.0. The molecule has 1 unspecified atom stereocenters. The molecule has 1 aromatic rings. The van der Waals surface area contributed by atoms with Crippen molar-refractivity contribution in [3.05, 3.63) is 29.6 Å². The van der Waals surface area contributed by atoms with Crippen molar-refractivity contribution >= 4 is 10.0 Å². The van der Waals surface area contributed by atoms with Gasteiger partial charge in [0, 0.05) is 27.3 Å². The number of rotatable bonds is 9. The smallest absolute Gasteiger partial charge is 0.243 e. The molecule has 0 radical (unpaired) electrons. The maximum Gasteiger partial charge on any atom is 0.243 e. The molecule has 0 heterocycles. The van der Waals surface area contributed by atoms with Gasteiger partial charge in [-0.25, -0.2) is 17.5 Å². The Morgan fingerprint density at radius 2 is 2.05 bits per heavy atom. The van der Waals surface area contributed by atoms with Gasteiger partial charge in [-0.15, -0.1) is 0 Å². The largest absolute Gasteiger partial charge is 0.382 e. The van der Waals surface area contributed by atoms with Gasteiger partial charge in [0.05, 0.1) is 12.7 Å². The van der Waals surface area contributed by atoms with Gasteiger partial charge < -0.3 is 14.8 Å². The highest BCUT2D eigenvalue weighted by Crippen LogP contribution is 2.16. The van der Waals surface area contributed by atoms with Crippen LogP contribution in [0.3, 0.4) is 0 Å². The minimum atomic E-state index is -3.94. The van der Waals surface area contributed by atoms with Gasteiger partial charge in [0.2, 0.25) is 10.0 Å². The number of sulfonamides is 1. The Morgan fingerprint density at radius 1 is 1.33 bits per heavy atom. The molecule has 8 heteroatoms. The third-order valence-corrected chi connectivity index (χ3v) is 4.29. The Bertz CT molecular complexity index is 551. The summed E-state index contributed by atoms with van der Waals surface area (Å²) in [4.78, 5) is -0.373. The van der Waals surface area contributed by atoms with Gasteiger partial charge in [-0.2, -0.15) is 0 Å². The molecular formula is C13H21FN2O4S. The van der Waals surface area contributed by atoms with Crippen molar-refractivity contribution in [2.45, 2.75) is 17.5 Å². The number of ether oxygens (including phenoxy) is 2. The predicted octanol–water partition coefficient (Wildman–Crippen LogP) is 0.485. The third-order valence-electron chi connectivity index (χ3n) is 2.85. The fraction of sp³-hybridized carbons (Fsp3) is 0.538. The molecule has 21 heavy (non-hydrogen) atoms. The van der Waals surface area contributed by atoms with E-state index in [0.29, 0.717) is 12.1 Å². The zero-order valence-electron chi connectivity index (χ0n) is 12.3.